The maximum Gasteiger partial charge on any atom is 0.359 e. The lowest BCUT2D eigenvalue weighted by Gasteiger charge is -2.11. The number of imide groups is 1. The number of nitrogens with one attached hydrogen (secondary N) is 2. The number of hydrogen-bond donors (Lipinski definition) is 2. The van der Waals surface area contributed by atoms with E-state index >= 15 is 0 Å². The predicted octanol–water partition coefficient (Wildman–Crippen LogP) is 2.93. The molecule has 0 aliphatic heterocycles. The van der Waals surface area contributed by atoms with Gasteiger partial charge in [0, 0.05) is 17.6 Å². The summed E-state index contributed by atoms with van der Waals surface area (Å²) in [5.41, 5.74) is 2.22. The first-order valence-corrected chi connectivity index (χ1v) is 10.1. The van der Waals surface area contributed by atoms with Crippen LogP contribution in [0.3, 0.4) is 0 Å². The molecule has 3 amide bonds. The van der Waals surface area contributed by atoms with E-state index in [1.165, 1.54) is 4.68 Å². The normalized spacial score (nSPS) is 10.6. The van der Waals surface area contributed by atoms with E-state index in [0.29, 0.717) is 29.4 Å². The molecule has 0 fully saturated rings. The molecule has 32 heavy (non-hydrogen) atoms. The number of fused-ring (bicyclic) bond motifs is 1. The third-order valence-corrected chi connectivity index (χ3v) is 4.85. The van der Waals surface area contributed by atoms with Crippen LogP contribution in [0.2, 0.25) is 0 Å². The molecule has 0 aliphatic carbocycles. The number of ether oxygens (including phenoxy) is 1. The Morgan fingerprint density at radius 2 is 1.75 bits per heavy atom. The number of carbonyl (C=O) groups is 3. The Hall–Kier alpha value is -4.01. The van der Waals surface area contributed by atoms with Crippen LogP contribution in [-0.4, -0.2) is 34.3 Å². The molecule has 0 unspecified atom stereocenters. The summed E-state index contributed by atoms with van der Waals surface area (Å²) in [5, 5.41) is 9.44. The van der Waals surface area contributed by atoms with Crippen LogP contribution >= 0.6 is 0 Å². The van der Waals surface area contributed by atoms with Gasteiger partial charge in [0.15, 0.2) is 12.3 Å². The Bertz CT molecular complexity index is 1250. The zero-order valence-corrected chi connectivity index (χ0v) is 18.1. The third kappa shape index (κ3) is 5.18. The fourth-order valence-corrected chi connectivity index (χ4v) is 3.09. The Morgan fingerprint density at radius 3 is 2.44 bits per heavy atom. The molecule has 3 aromatic rings. The maximum absolute atomic E-state index is 12.6. The molecule has 1 aromatic heterocycles. The van der Waals surface area contributed by atoms with Crippen molar-refractivity contribution in [2.75, 3.05) is 11.9 Å². The number of aryl methyl sites for hydroxylation is 3. The number of rotatable bonds is 6. The van der Waals surface area contributed by atoms with Crippen molar-refractivity contribution in [2.45, 2.75) is 33.7 Å². The van der Waals surface area contributed by atoms with Gasteiger partial charge in [-0.3, -0.25) is 14.9 Å². The van der Waals surface area contributed by atoms with Crippen LogP contribution in [0.1, 0.15) is 35.0 Å². The molecule has 0 saturated heterocycles. The highest BCUT2D eigenvalue weighted by atomic mass is 16.5. The van der Waals surface area contributed by atoms with Gasteiger partial charge in [0.1, 0.15) is 0 Å². The number of carbonyl (C=O) groups excluding carboxylic acids is 3. The zero-order valence-electron chi connectivity index (χ0n) is 18.1. The van der Waals surface area contributed by atoms with Crippen molar-refractivity contribution < 1.29 is 19.1 Å². The Morgan fingerprint density at radius 1 is 1.03 bits per heavy atom. The van der Waals surface area contributed by atoms with Gasteiger partial charge in [-0.15, -0.1) is 0 Å². The van der Waals surface area contributed by atoms with Crippen LogP contribution in [0, 0.1) is 13.8 Å². The minimum Gasteiger partial charge on any atom is -0.451 e. The van der Waals surface area contributed by atoms with Gasteiger partial charge in [-0.1, -0.05) is 31.2 Å². The summed E-state index contributed by atoms with van der Waals surface area (Å²) in [4.78, 5) is 49.2. The summed E-state index contributed by atoms with van der Waals surface area (Å²) < 4.78 is 6.25. The summed E-state index contributed by atoms with van der Waals surface area (Å²) >= 11 is 0. The SMILES string of the molecule is CCCn1nc(C(=O)OCC(=O)NC(=O)Nc2ccc(C)c(C)c2)c2ccccc2c1=O. The molecule has 0 aliphatic rings. The molecular formula is C23H24N4O5. The van der Waals surface area contributed by atoms with E-state index in [0.717, 1.165) is 11.1 Å². The smallest absolute Gasteiger partial charge is 0.359 e. The lowest BCUT2D eigenvalue weighted by atomic mass is 10.1. The molecule has 9 heteroatoms. The molecular weight excluding hydrogens is 412 g/mol. The lowest BCUT2D eigenvalue weighted by molar-refractivity contribution is -0.123. The fourth-order valence-electron chi connectivity index (χ4n) is 3.09. The number of urea groups is 1. The molecule has 0 radical (unpaired) electrons. The largest absolute Gasteiger partial charge is 0.451 e. The third-order valence-electron chi connectivity index (χ3n) is 4.85. The van der Waals surface area contributed by atoms with Crippen molar-refractivity contribution in [3.63, 3.8) is 0 Å². The van der Waals surface area contributed by atoms with E-state index in [9.17, 15) is 19.2 Å². The van der Waals surface area contributed by atoms with Crippen molar-refractivity contribution in [1.82, 2.24) is 15.1 Å². The zero-order chi connectivity index (χ0) is 23.3. The summed E-state index contributed by atoms with van der Waals surface area (Å²) in [6.45, 7) is 5.40. The minimum absolute atomic E-state index is 0.0685. The highest BCUT2D eigenvalue weighted by Crippen LogP contribution is 2.15. The fraction of sp³-hybridized carbons (Fsp3) is 0.261. The summed E-state index contributed by atoms with van der Waals surface area (Å²) in [6.07, 6.45) is 0.651. The standard InChI is InChI=1S/C23H24N4O5/c1-4-11-27-21(29)18-8-6-5-7-17(18)20(26-27)22(30)32-13-19(28)25-23(31)24-16-10-9-14(2)15(3)12-16/h5-10,12H,4,11,13H2,1-3H3,(H2,24,25,28,31). The van der Waals surface area contributed by atoms with Gasteiger partial charge in [0.05, 0.1) is 5.39 Å². The molecule has 9 nitrogen and oxygen atoms in total. The van der Waals surface area contributed by atoms with E-state index in [-0.39, 0.29) is 11.3 Å². The molecule has 0 saturated carbocycles. The van der Waals surface area contributed by atoms with E-state index in [4.69, 9.17) is 4.74 Å². The second-order valence-corrected chi connectivity index (χ2v) is 7.30. The second-order valence-electron chi connectivity index (χ2n) is 7.30. The Labute approximate surface area is 184 Å². The predicted molar refractivity (Wildman–Crippen MR) is 120 cm³/mol. The molecule has 1 heterocycles. The Kier molecular flexibility index (Phi) is 6.99. The van der Waals surface area contributed by atoms with Gasteiger partial charge in [0.2, 0.25) is 0 Å². The van der Waals surface area contributed by atoms with E-state index in [1.54, 1.807) is 36.4 Å². The number of esters is 1. The maximum atomic E-state index is 12.6. The van der Waals surface area contributed by atoms with Crippen molar-refractivity contribution >= 4 is 34.4 Å². The highest BCUT2D eigenvalue weighted by molar-refractivity contribution is 6.04. The Balaban J connectivity index is 1.66. The van der Waals surface area contributed by atoms with Crippen LogP contribution in [0.15, 0.2) is 47.3 Å². The molecule has 2 N–H and O–H groups in total. The first-order valence-electron chi connectivity index (χ1n) is 10.1. The van der Waals surface area contributed by atoms with Gasteiger partial charge in [-0.2, -0.15) is 5.10 Å². The summed E-state index contributed by atoms with van der Waals surface area (Å²) in [5.74, 6) is -1.67. The summed E-state index contributed by atoms with van der Waals surface area (Å²) in [6, 6.07) is 11.2. The van der Waals surface area contributed by atoms with Gasteiger partial charge in [-0.25, -0.2) is 14.3 Å². The lowest BCUT2D eigenvalue weighted by Crippen LogP contribution is -2.37. The molecule has 0 atom stereocenters. The number of benzene rings is 2. The highest BCUT2D eigenvalue weighted by Gasteiger charge is 2.19. The van der Waals surface area contributed by atoms with E-state index in [1.807, 2.05) is 26.8 Å². The van der Waals surface area contributed by atoms with Gasteiger partial charge in [-0.05, 0) is 49.6 Å². The van der Waals surface area contributed by atoms with Gasteiger partial charge >= 0.3 is 12.0 Å². The quantitative estimate of drug-likeness (QED) is 0.574. The van der Waals surface area contributed by atoms with Crippen molar-refractivity contribution in [2.24, 2.45) is 0 Å². The minimum atomic E-state index is -0.865. The van der Waals surface area contributed by atoms with Crippen LogP contribution in [0.5, 0.6) is 0 Å². The van der Waals surface area contributed by atoms with Crippen LogP contribution < -0.4 is 16.2 Å². The molecule has 2 aromatic carbocycles. The van der Waals surface area contributed by atoms with Crippen molar-refractivity contribution in [3.05, 3.63) is 69.6 Å². The van der Waals surface area contributed by atoms with Gasteiger partial charge in [0.25, 0.3) is 11.5 Å². The molecule has 0 spiro atoms. The first kappa shape index (κ1) is 22.7. The topological polar surface area (TPSA) is 119 Å². The van der Waals surface area contributed by atoms with Crippen LogP contribution in [0.4, 0.5) is 10.5 Å². The monoisotopic (exact) mass is 436 g/mol. The summed E-state index contributed by atoms with van der Waals surface area (Å²) in [7, 11) is 0. The number of amides is 3. The van der Waals surface area contributed by atoms with Crippen LogP contribution in [0.25, 0.3) is 10.8 Å². The average molecular weight is 436 g/mol. The number of nitrogens with zero attached hydrogens (tertiary/aromatic N) is 2. The molecule has 0 bridgehead atoms. The first-order chi connectivity index (χ1) is 15.3. The number of hydrogen-bond acceptors (Lipinski definition) is 6. The second kappa shape index (κ2) is 9.86. The van der Waals surface area contributed by atoms with Crippen molar-refractivity contribution in [3.8, 4) is 0 Å². The van der Waals surface area contributed by atoms with E-state index in [2.05, 4.69) is 15.7 Å². The number of anilines is 1. The average Bonchev–Trinajstić information content (AvgIpc) is 2.76. The molecule has 166 valence electrons. The van der Waals surface area contributed by atoms with Crippen LogP contribution in [-0.2, 0) is 16.1 Å². The van der Waals surface area contributed by atoms with Gasteiger partial charge < -0.3 is 10.1 Å². The van der Waals surface area contributed by atoms with Crippen molar-refractivity contribution in [1.29, 1.82) is 0 Å². The molecule has 3 rings (SSSR count). The number of aromatic nitrogens is 2. The van der Waals surface area contributed by atoms with E-state index < -0.39 is 24.5 Å².